The van der Waals surface area contributed by atoms with Crippen molar-refractivity contribution in [2.45, 2.75) is 63.6 Å². The summed E-state index contributed by atoms with van der Waals surface area (Å²) in [6.45, 7) is 2.91. The average Bonchev–Trinajstić information content (AvgIpc) is 3.32. The van der Waals surface area contributed by atoms with E-state index < -0.39 is 5.54 Å². The predicted octanol–water partition coefficient (Wildman–Crippen LogP) is 3.52. The maximum atomic E-state index is 13.5. The Morgan fingerprint density at radius 3 is 2.67 bits per heavy atom. The Hall–Kier alpha value is -2.80. The third kappa shape index (κ3) is 3.82. The average molecular weight is 451 g/mol. The van der Waals surface area contributed by atoms with Gasteiger partial charge >= 0.3 is 5.97 Å². The first-order valence-electron chi connectivity index (χ1n) is 12.2. The number of esters is 1. The minimum absolute atomic E-state index is 0.0135. The molecule has 3 aliphatic rings. The van der Waals surface area contributed by atoms with Crippen molar-refractivity contribution in [2.24, 2.45) is 18.7 Å². The highest BCUT2D eigenvalue weighted by molar-refractivity contribution is 6.11. The first kappa shape index (κ1) is 22.0. The van der Waals surface area contributed by atoms with Crippen LogP contribution in [0.2, 0.25) is 0 Å². The largest absolute Gasteiger partial charge is 0.443 e. The van der Waals surface area contributed by atoms with Crippen LogP contribution in [0.25, 0.3) is 10.9 Å². The number of rotatable bonds is 5. The van der Waals surface area contributed by atoms with Gasteiger partial charge in [-0.2, -0.15) is 0 Å². The van der Waals surface area contributed by atoms with E-state index in [-0.39, 0.29) is 30.6 Å². The molecule has 2 aliphatic carbocycles. The summed E-state index contributed by atoms with van der Waals surface area (Å²) < 4.78 is 7.78. The lowest BCUT2D eigenvalue weighted by atomic mass is 9.83. The summed E-state index contributed by atoms with van der Waals surface area (Å²) in [6.07, 6.45) is 10.2. The van der Waals surface area contributed by atoms with Crippen molar-refractivity contribution >= 4 is 22.7 Å². The molecule has 176 valence electrons. The van der Waals surface area contributed by atoms with Crippen LogP contribution in [0.15, 0.2) is 36.7 Å². The lowest BCUT2D eigenvalue weighted by Gasteiger charge is -2.34. The Balaban J connectivity index is 1.22. The third-order valence-electron chi connectivity index (χ3n) is 7.91. The van der Waals surface area contributed by atoms with Gasteiger partial charge < -0.3 is 24.8 Å². The molecular weight excluding hydrogens is 416 g/mol. The molecule has 2 aromatic rings. The van der Waals surface area contributed by atoms with E-state index in [1.165, 1.54) is 0 Å². The molecule has 0 spiro atoms. The standard InChI is InChI=1S/C26H34N4O3/c1-18-29(14-15-30(18)17-33-25(32)26(27)12-6-3-7-13-26)16-19-10-11-22-23(24(19)31)20-8-4-5-9-21(20)28(22)2/h4-5,8-9,14-15,18-19H,3,6-7,10-13,16-17,27H2,1-2H3. The van der Waals surface area contributed by atoms with Gasteiger partial charge in [0.05, 0.1) is 0 Å². The summed E-state index contributed by atoms with van der Waals surface area (Å²) in [5.74, 6) is -0.111. The van der Waals surface area contributed by atoms with Gasteiger partial charge in [0.2, 0.25) is 0 Å². The summed E-state index contributed by atoms with van der Waals surface area (Å²) in [5, 5.41) is 1.06. The molecule has 1 aliphatic heterocycles. The van der Waals surface area contributed by atoms with Gasteiger partial charge in [-0.15, -0.1) is 0 Å². The molecule has 1 fully saturated rings. The van der Waals surface area contributed by atoms with Gasteiger partial charge in [0, 0.05) is 54.1 Å². The molecule has 0 bridgehead atoms. The predicted molar refractivity (Wildman–Crippen MR) is 127 cm³/mol. The summed E-state index contributed by atoms with van der Waals surface area (Å²) in [4.78, 5) is 30.2. The topological polar surface area (TPSA) is 80.8 Å². The van der Waals surface area contributed by atoms with E-state index >= 15 is 0 Å². The third-order valence-corrected chi connectivity index (χ3v) is 7.91. The van der Waals surface area contributed by atoms with Crippen molar-refractivity contribution in [1.82, 2.24) is 14.4 Å². The summed E-state index contributed by atoms with van der Waals surface area (Å²) in [5.41, 5.74) is 8.63. The molecular formula is C26H34N4O3. The molecule has 1 aromatic heterocycles. The zero-order valence-corrected chi connectivity index (χ0v) is 19.6. The summed E-state index contributed by atoms with van der Waals surface area (Å²) in [7, 11) is 2.05. The lowest BCUT2D eigenvalue weighted by Crippen LogP contribution is -2.51. The number of aryl methyl sites for hydroxylation is 1. The second-order valence-electron chi connectivity index (χ2n) is 9.92. The van der Waals surface area contributed by atoms with Crippen molar-refractivity contribution in [3.8, 4) is 0 Å². The van der Waals surface area contributed by atoms with Crippen LogP contribution in [0.1, 0.15) is 61.5 Å². The number of carbonyl (C=O) groups excluding carboxylic acids is 2. The molecule has 33 heavy (non-hydrogen) atoms. The fraction of sp³-hybridized carbons (Fsp3) is 0.538. The van der Waals surface area contributed by atoms with Gasteiger partial charge in [-0.05, 0) is 38.7 Å². The highest BCUT2D eigenvalue weighted by Crippen LogP contribution is 2.35. The molecule has 2 atom stereocenters. The van der Waals surface area contributed by atoms with Crippen LogP contribution in [0, 0.1) is 5.92 Å². The molecule has 0 radical (unpaired) electrons. The molecule has 2 N–H and O–H groups in total. The first-order valence-corrected chi connectivity index (χ1v) is 12.2. The van der Waals surface area contributed by atoms with Crippen LogP contribution in [0.4, 0.5) is 0 Å². The quantitative estimate of drug-likeness (QED) is 0.702. The Labute approximate surface area is 195 Å². The van der Waals surface area contributed by atoms with Gasteiger partial charge in [-0.3, -0.25) is 4.79 Å². The Morgan fingerprint density at radius 2 is 1.88 bits per heavy atom. The number of ether oxygens (including phenoxy) is 1. The van der Waals surface area contributed by atoms with Gasteiger partial charge in [0.25, 0.3) is 0 Å². The van der Waals surface area contributed by atoms with Gasteiger partial charge in [0.1, 0.15) is 11.7 Å². The van der Waals surface area contributed by atoms with E-state index in [9.17, 15) is 9.59 Å². The molecule has 0 saturated heterocycles. The number of hydrogen-bond donors (Lipinski definition) is 1. The number of nitrogens with zero attached hydrogens (tertiary/aromatic N) is 3. The molecule has 0 amide bonds. The Bertz CT molecular complexity index is 1100. The van der Waals surface area contributed by atoms with Gasteiger partial charge in [-0.25, -0.2) is 4.79 Å². The fourth-order valence-electron chi connectivity index (χ4n) is 5.73. The second kappa shape index (κ2) is 8.52. The molecule has 7 nitrogen and oxygen atoms in total. The van der Waals surface area contributed by atoms with Gasteiger partial charge in [-0.1, -0.05) is 37.5 Å². The molecule has 1 saturated carbocycles. The fourth-order valence-corrected chi connectivity index (χ4v) is 5.73. The normalized spacial score (nSPS) is 24.4. The van der Waals surface area contributed by atoms with Crippen LogP contribution in [-0.4, -0.2) is 51.1 Å². The zero-order valence-electron chi connectivity index (χ0n) is 19.6. The lowest BCUT2D eigenvalue weighted by molar-refractivity contribution is -0.156. The van der Waals surface area contributed by atoms with E-state index in [2.05, 4.69) is 35.6 Å². The number of para-hydroxylation sites is 1. The molecule has 2 unspecified atom stereocenters. The van der Waals surface area contributed by atoms with Crippen LogP contribution in [-0.2, 0) is 23.0 Å². The highest BCUT2D eigenvalue weighted by Gasteiger charge is 2.38. The van der Waals surface area contributed by atoms with Crippen LogP contribution >= 0.6 is 0 Å². The van der Waals surface area contributed by atoms with Crippen molar-refractivity contribution in [1.29, 1.82) is 0 Å². The number of benzene rings is 1. The zero-order chi connectivity index (χ0) is 23.2. The van der Waals surface area contributed by atoms with Crippen molar-refractivity contribution < 1.29 is 14.3 Å². The minimum Gasteiger partial charge on any atom is -0.443 e. The summed E-state index contributed by atoms with van der Waals surface area (Å²) >= 11 is 0. The van der Waals surface area contributed by atoms with E-state index in [4.69, 9.17) is 10.5 Å². The van der Waals surface area contributed by atoms with Gasteiger partial charge in [0.15, 0.2) is 12.5 Å². The number of aromatic nitrogens is 1. The second-order valence-corrected chi connectivity index (χ2v) is 9.92. The Kier molecular flexibility index (Phi) is 5.69. The first-order chi connectivity index (χ1) is 15.9. The van der Waals surface area contributed by atoms with Crippen LogP contribution < -0.4 is 5.73 Å². The molecule has 2 heterocycles. The van der Waals surface area contributed by atoms with E-state index in [1.54, 1.807) is 0 Å². The van der Waals surface area contributed by atoms with Crippen molar-refractivity contribution in [3.05, 3.63) is 47.9 Å². The monoisotopic (exact) mass is 450 g/mol. The number of ketones is 1. The smallest absolute Gasteiger partial charge is 0.327 e. The molecule has 1 aromatic carbocycles. The highest BCUT2D eigenvalue weighted by atomic mass is 16.5. The van der Waals surface area contributed by atoms with Crippen molar-refractivity contribution in [2.75, 3.05) is 13.3 Å². The Morgan fingerprint density at radius 1 is 1.15 bits per heavy atom. The number of carbonyl (C=O) groups is 2. The molecule has 7 heteroatoms. The SMILES string of the molecule is CC1N(COC(=O)C2(N)CCCCC2)C=CN1CC1CCc2c(c3ccccc3n2C)C1=O. The van der Waals surface area contributed by atoms with Crippen LogP contribution in [0.3, 0.4) is 0 Å². The number of Topliss-reactive ketones (excluding diaryl/α,β-unsaturated/α-hetero) is 1. The number of nitrogens with two attached hydrogens (primary N) is 1. The summed E-state index contributed by atoms with van der Waals surface area (Å²) in [6, 6.07) is 8.16. The van der Waals surface area contributed by atoms with E-state index in [0.29, 0.717) is 19.4 Å². The van der Waals surface area contributed by atoms with Crippen LogP contribution in [0.5, 0.6) is 0 Å². The minimum atomic E-state index is -0.838. The van der Waals surface area contributed by atoms with E-state index in [1.807, 2.05) is 29.4 Å². The van der Waals surface area contributed by atoms with Crippen molar-refractivity contribution in [3.63, 3.8) is 0 Å². The number of hydrogen-bond acceptors (Lipinski definition) is 6. The maximum absolute atomic E-state index is 13.5. The maximum Gasteiger partial charge on any atom is 0.327 e. The van der Waals surface area contributed by atoms with E-state index in [0.717, 1.165) is 54.3 Å². The number of fused-ring (bicyclic) bond motifs is 3. The molecule has 5 rings (SSSR count).